The zero-order valence-corrected chi connectivity index (χ0v) is 11.7. The van der Waals surface area contributed by atoms with Crippen LogP contribution in [0.2, 0.25) is 0 Å². The predicted molar refractivity (Wildman–Crippen MR) is 73.5 cm³/mol. The van der Waals surface area contributed by atoms with Gasteiger partial charge in [-0.05, 0) is 38.9 Å². The van der Waals surface area contributed by atoms with Crippen molar-refractivity contribution in [3.63, 3.8) is 0 Å². The quantitative estimate of drug-likeness (QED) is 0.877. The summed E-state index contributed by atoms with van der Waals surface area (Å²) in [7, 11) is 0. The zero-order chi connectivity index (χ0) is 11.4. The van der Waals surface area contributed by atoms with Crippen molar-refractivity contribution in [2.45, 2.75) is 43.9 Å². The first-order valence-corrected chi connectivity index (χ1v) is 8.11. The Bertz CT molecular complexity index is 325. The second-order valence-corrected chi connectivity index (χ2v) is 6.51. The maximum absolute atomic E-state index is 4.28. The van der Waals surface area contributed by atoms with E-state index in [-0.39, 0.29) is 0 Å². The van der Waals surface area contributed by atoms with Gasteiger partial charge in [-0.2, -0.15) is 11.8 Å². The number of rotatable bonds is 5. The van der Waals surface area contributed by atoms with E-state index < -0.39 is 0 Å². The van der Waals surface area contributed by atoms with Gasteiger partial charge in [0.05, 0.1) is 11.2 Å². The van der Waals surface area contributed by atoms with Gasteiger partial charge in [0.25, 0.3) is 0 Å². The number of hydrogen-bond acceptors (Lipinski definition) is 4. The highest BCUT2D eigenvalue weighted by Gasteiger charge is 2.22. The van der Waals surface area contributed by atoms with Gasteiger partial charge in [-0.3, -0.25) is 0 Å². The average Bonchev–Trinajstić information content (AvgIpc) is 2.89. The Hall–Kier alpha value is -0.0600. The molecule has 0 saturated heterocycles. The van der Waals surface area contributed by atoms with Gasteiger partial charge in [-0.15, -0.1) is 11.3 Å². The molecule has 0 spiro atoms. The Morgan fingerprint density at radius 2 is 2.44 bits per heavy atom. The molecule has 0 amide bonds. The summed E-state index contributed by atoms with van der Waals surface area (Å²) < 4.78 is 0. The number of thioether (sulfide) groups is 1. The van der Waals surface area contributed by atoms with E-state index in [9.17, 15) is 0 Å². The molecule has 2 rings (SSSR count). The lowest BCUT2D eigenvalue weighted by Crippen LogP contribution is -2.28. The van der Waals surface area contributed by atoms with Crippen LogP contribution in [-0.4, -0.2) is 29.1 Å². The fourth-order valence-electron chi connectivity index (χ4n) is 2.30. The molecule has 4 heteroatoms. The van der Waals surface area contributed by atoms with Gasteiger partial charge in [0.15, 0.2) is 0 Å². The van der Waals surface area contributed by atoms with Crippen molar-refractivity contribution in [3.8, 4) is 0 Å². The molecule has 2 unspecified atom stereocenters. The number of nitrogens with zero attached hydrogens (tertiary/aromatic N) is 1. The highest BCUT2D eigenvalue weighted by molar-refractivity contribution is 7.99. The Morgan fingerprint density at radius 1 is 1.56 bits per heavy atom. The Labute approximate surface area is 106 Å². The fourth-order valence-corrected chi connectivity index (χ4v) is 3.87. The number of nitrogens with one attached hydrogen (secondary N) is 1. The van der Waals surface area contributed by atoms with Crippen molar-refractivity contribution in [2.24, 2.45) is 0 Å². The van der Waals surface area contributed by atoms with Crippen LogP contribution in [0.25, 0.3) is 0 Å². The van der Waals surface area contributed by atoms with Gasteiger partial charge in [-0.1, -0.05) is 0 Å². The molecule has 0 aliphatic heterocycles. The smallest absolute Gasteiger partial charge is 0.0797 e. The second kappa shape index (κ2) is 6.03. The molecule has 2 nitrogen and oxygen atoms in total. The highest BCUT2D eigenvalue weighted by atomic mass is 32.2. The minimum absolute atomic E-state index is 0.755. The van der Waals surface area contributed by atoms with E-state index in [0.29, 0.717) is 0 Å². The van der Waals surface area contributed by atoms with Crippen LogP contribution in [0.4, 0.5) is 0 Å². The van der Waals surface area contributed by atoms with Gasteiger partial charge in [0.2, 0.25) is 0 Å². The molecule has 0 aromatic carbocycles. The molecule has 1 aliphatic carbocycles. The summed E-state index contributed by atoms with van der Waals surface area (Å²) in [4.78, 5) is 5.72. The van der Waals surface area contributed by atoms with Crippen LogP contribution in [0.3, 0.4) is 0 Å². The largest absolute Gasteiger partial charge is 0.314 e. The minimum atomic E-state index is 0.755. The van der Waals surface area contributed by atoms with Crippen LogP contribution >= 0.6 is 23.1 Å². The molecule has 1 N–H and O–H groups in total. The first-order valence-electron chi connectivity index (χ1n) is 5.94. The van der Waals surface area contributed by atoms with E-state index in [1.807, 2.05) is 17.3 Å². The summed E-state index contributed by atoms with van der Waals surface area (Å²) in [6, 6.07) is 0.755. The SMILES string of the molecule is CSC1CCC(NCCc2scnc2C)C1. The molecule has 1 saturated carbocycles. The maximum Gasteiger partial charge on any atom is 0.0797 e. The lowest BCUT2D eigenvalue weighted by atomic mass is 10.2. The molecule has 2 atom stereocenters. The van der Waals surface area contributed by atoms with Crippen LogP contribution < -0.4 is 5.32 Å². The Kier molecular flexibility index (Phi) is 4.67. The number of hydrogen-bond donors (Lipinski definition) is 1. The summed E-state index contributed by atoms with van der Waals surface area (Å²) in [5.41, 5.74) is 3.16. The summed E-state index contributed by atoms with van der Waals surface area (Å²) in [6.45, 7) is 3.21. The van der Waals surface area contributed by atoms with Crippen molar-refractivity contribution in [3.05, 3.63) is 16.1 Å². The van der Waals surface area contributed by atoms with Gasteiger partial charge in [-0.25, -0.2) is 4.98 Å². The molecule has 0 radical (unpaired) electrons. The molecule has 1 heterocycles. The van der Waals surface area contributed by atoms with Crippen LogP contribution in [-0.2, 0) is 6.42 Å². The van der Waals surface area contributed by atoms with Gasteiger partial charge in [0, 0.05) is 22.7 Å². The van der Waals surface area contributed by atoms with Gasteiger partial charge in [0.1, 0.15) is 0 Å². The zero-order valence-electron chi connectivity index (χ0n) is 10.0. The molecular weight excluding hydrogens is 236 g/mol. The van der Waals surface area contributed by atoms with E-state index in [0.717, 1.165) is 24.3 Å². The summed E-state index contributed by atoms with van der Waals surface area (Å²) >= 11 is 3.80. The van der Waals surface area contributed by atoms with Crippen LogP contribution in [0, 0.1) is 6.92 Å². The monoisotopic (exact) mass is 256 g/mol. The Morgan fingerprint density at radius 3 is 3.06 bits per heavy atom. The number of thiazole rings is 1. The minimum Gasteiger partial charge on any atom is -0.314 e. The lowest BCUT2D eigenvalue weighted by molar-refractivity contribution is 0.529. The highest BCUT2D eigenvalue weighted by Crippen LogP contribution is 2.28. The fraction of sp³-hybridized carbons (Fsp3) is 0.750. The molecule has 0 bridgehead atoms. The molecular formula is C12H20N2S2. The first-order chi connectivity index (χ1) is 7.79. The topological polar surface area (TPSA) is 24.9 Å². The average molecular weight is 256 g/mol. The van der Waals surface area contributed by atoms with E-state index in [1.165, 1.54) is 29.8 Å². The maximum atomic E-state index is 4.28. The van der Waals surface area contributed by atoms with E-state index in [4.69, 9.17) is 0 Å². The van der Waals surface area contributed by atoms with Crippen LogP contribution in [0.1, 0.15) is 29.8 Å². The summed E-state index contributed by atoms with van der Waals surface area (Å²) in [5, 5.41) is 4.57. The number of aryl methyl sites for hydroxylation is 1. The number of aromatic nitrogens is 1. The van der Waals surface area contributed by atoms with Crippen molar-refractivity contribution >= 4 is 23.1 Å². The second-order valence-electron chi connectivity index (χ2n) is 4.43. The van der Waals surface area contributed by atoms with E-state index in [1.54, 1.807) is 11.3 Å². The standard InChI is InChI=1S/C12H20N2S2/c1-9-12(16-8-14-9)5-6-13-10-3-4-11(7-10)15-2/h8,10-11,13H,3-7H2,1-2H3. The van der Waals surface area contributed by atoms with Crippen molar-refractivity contribution in [2.75, 3.05) is 12.8 Å². The van der Waals surface area contributed by atoms with Crippen LogP contribution in [0.5, 0.6) is 0 Å². The van der Waals surface area contributed by atoms with Crippen molar-refractivity contribution < 1.29 is 0 Å². The molecule has 1 aromatic rings. The van der Waals surface area contributed by atoms with Crippen LogP contribution in [0.15, 0.2) is 5.51 Å². The Balaban J connectivity index is 1.67. The lowest BCUT2D eigenvalue weighted by Gasteiger charge is -2.12. The third-order valence-electron chi connectivity index (χ3n) is 3.35. The van der Waals surface area contributed by atoms with Gasteiger partial charge < -0.3 is 5.32 Å². The predicted octanol–water partition coefficient (Wildman–Crippen LogP) is 2.87. The van der Waals surface area contributed by atoms with E-state index in [2.05, 4.69) is 23.5 Å². The van der Waals surface area contributed by atoms with E-state index >= 15 is 0 Å². The normalized spacial score (nSPS) is 25.1. The first kappa shape index (κ1) is 12.4. The van der Waals surface area contributed by atoms with Crippen molar-refractivity contribution in [1.82, 2.24) is 10.3 Å². The molecule has 90 valence electrons. The van der Waals surface area contributed by atoms with Crippen molar-refractivity contribution in [1.29, 1.82) is 0 Å². The molecule has 1 fully saturated rings. The molecule has 1 aliphatic rings. The molecule has 16 heavy (non-hydrogen) atoms. The summed E-state index contributed by atoms with van der Waals surface area (Å²) in [5.74, 6) is 0. The summed E-state index contributed by atoms with van der Waals surface area (Å²) in [6.07, 6.45) is 7.46. The third kappa shape index (κ3) is 3.22. The third-order valence-corrected chi connectivity index (χ3v) is 5.44. The molecule has 1 aromatic heterocycles. The van der Waals surface area contributed by atoms with Gasteiger partial charge >= 0.3 is 0 Å².